The third kappa shape index (κ3) is 5.26. The molecule has 1 saturated carbocycles. The number of carboxylic acid groups (broad SMARTS) is 1. The van der Waals surface area contributed by atoms with Gasteiger partial charge in [0.05, 0.1) is 34.7 Å². The third-order valence-electron chi connectivity index (χ3n) is 7.55. The van der Waals surface area contributed by atoms with Gasteiger partial charge in [0.25, 0.3) is 0 Å². The fourth-order valence-corrected chi connectivity index (χ4v) is 5.90. The Kier molecular flexibility index (Phi) is 7.04. The molecule has 0 bridgehead atoms. The van der Waals surface area contributed by atoms with Crippen molar-refractivity contribution in [1.29, 1.82) is 0 Å². The van der Waals surface area contributed by atoms with Gasteiger partial charge in [0, 0.05) is 27.4 Å². The molecule has 2 aromatic heterocycles. The minimum atomic E-state index is -0.806. The molecule has 0 unspecified atom stereocenters. The number of imidazole rings is 1. The van der Waals surface area contributed by atoms with Gasteiger partial charge in [-0.25, -0.2) is 14.4 Å². The summed E-state index contributed by atoms with van der Waals surface area (Å²) < 4.78 is 23.6. The summed E-state index contributed by atoms with van der Waals surface area (Å²) in [4.78, 5) is 21.8. The minimum absolute atomic E-state index is 0.242. The summed E-state index contributed by atoms with van der Waals surface area (Å²) in [7, 11) is 0. The second kappa shape index (κ2) is 10.8. The highest BCUT2D eigenvalue weighted by Gasteiger charge is 2.35. The van der Waals surface area contributed by atoms with Gasteiger partial charge >= 0.3 is 5.97 Å². The number of carbonyl (C=O) groups is 1. The summed E-state index contributed by atoms with van der Waals surface area (Å²) in [6.07, 6.45) is 3.18. The van der Waals surface area contributed by atoms with Crippen molar-refractivity contribution in [2.45, 2.75) is 44.8 Å². The van der Waals surface area contributed by atoms with E-state index in [1.54, 1.807) is 6.07 Å². The molecule has 0 amide bonds. The number of halogens is 2. The van der Waals surface area contributed by atoms with E-state index in [1.807, 2.05) is 65.2 Å². The van der Waals surface area contributed by atoms with E-state index in [2.05, 4.69) is 20.9 Å². The fourth-order valence-electron chi connectivity index (χ4n) is 5.57. The van der Waals surface area contributed by atoms with Crippen LogP contribution in [0.4, 0.5) is 4.39 Å². The van der Waals surface area contributed by atoms with E-state index in [4.69, 9.17) is 9.72 Å². The fraction of sp³-hybridized carbons (Fsp3) is 0.258. The zero-order chi connectivity index (χ0) is 26.9. The molecule has 1 N–H and O–H groups in total. The van der Waals surface area contributed by atoms with Gasteiger partial charge in [0.15, 0.2) is 0 Å². The van der Waals surface area contributed by atoms with Crippen molar-refractivity contribution in [3.8, 4) is 5.75 Å². The van der Waals surface area contributed by atoms with Crippen LogP contribution >= 0.6 is 15.9 Å². The van der Waals surface area contributed by atoms with Crippen LogP contribution in [0.3, 0.4) is 0 Å². The first-order valence-corrected chi connectivity index (χ1v) is 13.9. The summed E-state index contributed by atoms with van der Waals surface area (Å²) >= 11 is 3.32. The van der Waals surface area contributed by atoms with Crippen LogP contribution in [0.1, 0.15) is 48.7 Å². The molecule has 0 aliphatic heterocycles. The maximum absolute atomic E-state index is 14.9. The van der Waals surface area contributed by atoms with Crippen molar-refractivity contribution < 1.29 is 19.0 Å². The van der Waals surface area contributed by atoms with Crippen molar-refractivity contribution in [3.63, 3.8) is 0 Å². The number of benzene rings is 3. The van der Waals surface area contributed by atoms with Gasteiger partial charge in [-0.1, -0.05) is 59.1 Å². The molecule has 198 valence electrons. The normalized spacial score (nSPS) is 17.5. The standard InChI is InChI=1S/C31H27BrFN3O3/c32-21-11-9-20(26(33)15-21)17-36-29-14-13-23(39-18-22-12-10-19-5-1-4-8-27(19)34-22)16-28(29)35-30(36)24-6-2-3-7-25(24)31(37)38/h1,4-5,8-16,24-25H,2-3,6-7,17-18H2,(H,37,38)/t24-,25+/m1/s1. The molecule has 3 aromatic carbocycles. The lowest BCUT2D eigenvalue weighted by atomic mass is 9.78. The number of pyridine rings is 1. The Bertz CT molecular complexity index is 1690. The number of ether oxygens (including phenoxy) is 1. The largest absolute Gasteiger partial charge is 0.487 e. The lowest BCUT2D eigenvalue weighted by Gasteiger charge is -2.28. The monoisotopic (exact) mass is 587 g/mol. The molecule has 0 radical (unpaired) electrons. The van der Waals surface area contributed by atoms with Crippen LogP contribution in [0.2, 0.25) is 0 Å². The summed E-state index contributed by atoms with van der Waals surface area (Å²) in [6, 6.07) is 22.6. The summed E-state index contributed by atoms with van der Waals surface area (Å²) in [6.45, 7) is 0.562. The van der Waals surface area contributed by atoms with Gasteiger partial charge in [-0.05, 0) is 49.2 Å². The first kappa shape index (κ1) is 25.5. The number of aromatic nitrogens is 3. The molecule has 5 aromatic rings. The van der Waals surface area contributed by atoms with Crippen LogP contribution in [-0.2, 0) is 17.9 Å². The van der Waals surface area contributed by atoms with Crippen molar-refractivity contribution in [2.24, 2.45) is 5.92 Å². The van der Waals surface area contributed by atoms with E-state index in [-0.39, 0.29) is 18.3 Å². The second-order valence-corrected chi connectivity index (χ2v) is 11.0. The van der Waals surface area contributed by atoms with Gasteiger partial charge in [-0.3, -0.25) is 4.79 Å². The summed E-state index contributed by atoms with van der Waals surface area (Å²) in [5, 5.41) is 11.0. The predicted octanol–water partition coefficient (Wildman–Crippen LogP) is 7.47. The highest BCUT2D eigenvalue weighted by molar-refractivity contribution is 9.10. The van der Waals surface area contributed by atoms with Gasteiger partial charge in [-0.2, -0.15) is 0 Å². The van der Waals surface area contributed by atoms with Crippen LogP contribution in [0.5, 0.6) is 5.75 Å². The molecule has 2 heterocycles. The van der Waals surface area contributed by atoms with E-state index >= 15 is 0 Å². The predicted molar refractivity (Wildman–Crippen MR) is 151 cm³/mol. The molecule has 8 heteroatoms. The van der Waals surface area contributed by atoms with E-state index in [9.17, 15) is 14.3 Å². The number of nitrogens with zero attached hydrogens (tertiary/aromatic N) is 3. The Morgan fingerprint density at radius 1 is 1.00 bits per heavy atom. The molecule has 1 aliphatic rings. The van der Waals surface area contributed by atoms with E-state index in [0.29, 0.717) is 40.2 Å². The number of fused-ring (bicyclic) bond motifs is 2. The maximum Gasteiger partial charge on any atom is 0.307 e. The first-order valence-electron chi connectivity index (χ1n) is 13.1. The zero-order valence-corrected chi connectivity index (χ0v) is 22.8. The van der Waals surface area contributed by atoms with Crippen LogP contribution in [0.25, 0.3) is 21.9 Å². The Labute approximate surface area is 233 Å². The molecule has 6 nitrogen and oxygen atoms in total. The van der Waals surface area contributed by atoms with Gasteiger partial charge in [0.2, 0.25) is 0 Å². The highest BCUT2D eigenvalue weighted by Crippen LogP contribution is 2.39. The lowest BCUT2D eigenvalue weighted by molar-refractivity contribution is -0.143. The van der Waals surface area contributed by atoms with E-state index < -0.39 is 11.9 Å². The smallest absolute Gasteiger partial charge is 0.307 e. The maximum atomic E-state index is 14.9. The van der Waals surface area contributed by atoms with Crippen molar-refractivity contribution in [2.75, 3.05) is 0 Å². The quantitative estimate of drug-likeness (QED) is 0.214. The number of aliphatic carboxylic acids is 1. The molecule has 1 fully saturated rings. The number of hydrogen-bond acceptors (Lipinski definition) is 4. The topological polar surface area (TPSA) is 77.2 Å². The van der Waals surface area contributed by atoms with Gasteiger partial charge in [-0.15, -0.1) is 0 Å². The lowest BCUT2D eigenvalue weighted by Crippen LogP contribution is -2.28. The number of hydrogen-bond donors (Lipinski definition) is 1. The molecule has 2 atom stereocenters. The Hall–Kier alpha value is -3.78. The average molecular weight is 588 g/mol. The molecule has 1 aliphatic carbocycles. The van der Waals surface area contributed by atoms with Crippen LogP contribution in [-0.4, -0.2) is 25.6 Å². The molecular formula is C31H27BrFN3O3. The average Bonchev–Trinajstić information content (AvgIpc) is 3.30. The molecule has 0 saturated heterocycles. The third-order valence-corrected chi connectivity index (χ3v) is 8.04. The first-order chi connectivity index (χ1) is 19.0. The van der Waals surface area contributed by atoms with E-state index in [0.717, 1.165) is 41.4 Å². The molecule has 0 spiro atoms. The van der Waals surface area contributed by atoms with Crippen molar-refractivity contribution in [1.82, 2.24) is 14.5 Å². The van der Waals surface area contributed by atoms with Crippen LogP contribution in [0.15, 0.2) is 77.3 Å². The van der Waals surface area contributed by atoms with E-state index in [1.165, 1.54) is 6.07 Å². The highest BCUT2D eigenvalue weighted by atomic mass is 79.9. The van der Waals surface area contributed by atoms with Crippen LogP contribution < -0.4 is 4.74 Å². The second-order valence-electron chi connectivity index (χ2n) is 10.1. The number of carboxylic acids is 1. The summed E-state index contributed by atoms with van der Waals surface area (Å²) in [5.74, 6) is -0.555. The molecular weight excluding hydrogens is 561 g/mol. The SMILES string of the molecule is O=C(O)[C@H]1CCCC[C@H]1c1nc2cc(OCc3ccc4ccccc4n3)ccc2n1Cc1ccc(Br)cc1F. The van der Waals surface area contributed by atoms with Crippen molar-refractivity contribution >= 4 is 43.8 Å². The zero-order valence-electron chi connectivity index (χ0n) is 21.2. The van der Waals surface area contributed by atoms with Gasteiger partial charge < -0.3 is 14.4 Å². The Morgan fingerprint density at radius 3 is 2.69 bits per heavy atom. The van der Waals surface area contributed by atoms with Crippen LogP contribution in [0, 0.1) is 11.7 Å². The van der Waals surface area contributed by atoms with Gasteiger partial charge in [0.1, 0.15) is 24.0 Å². The molecule has 6 rings (SSSR count). The number of rotatable bonds is 7. The number of para-hydroxylation sites is 1. The summed E-state index contributed by atoms with van der Waals surface area (Å²) in [5.41, 5.74) is 3.76. The Morgan fingerprint density at radius 2 is 1.85 bits per heavy atom. The molecule has 39 heavy (non-hydrogen) atoms. The Balaban J connectivity index is 1.35. The minimum Gasteiger partial charge on any atom is -0.487 e. The van der Waals surface area contributed by atoms with Crippen molar-refractivity contribution in [3.05, 3.63) is 100 Å².